The van der Waals surface area contributed by atoms with Gasteiger partial charge in [0.05, 0.1) is 5.41 Å². The topological polar surface area (TPSA) is 41.1 Å². The van der Waals surface area contributed by atoms with Crippen molar-refractivity contribution in [3.05, 3.63) is 34.9 Å². The van der Waals surface area contributed by atoms with E-state index in [0.29, 0.717) is 18.5 Å². The maximum atomic E-state index is 13.1. The smallest absolute Gasteiger partial charge is 0.226 e. The van der Waals surface area contributed by atoms with E-state index in [2.05, 4.69) is 29.7 Å². The van der Waals surface area contributed by atoms with Gasteiger partial charge in [-0.1, -0.05) is 30.2 Å². The van der Waals surface area contributed by atoms with Crippen molar-refractivity contribution in [3.63, 3.8) is 0 Å². The molecule has 2 saturated carbocycles. The van der Waals surface area contributed by atoms with E-state index in [0.717, 1.165) is 23.8 Å². The molecule has 3 rings (SSSR count). The van der Waals surface area contributed by atoms with Gasteiger partial charge in [0.1, 0.15) is 0 Å². The summed E-state index contributed by atoms with van der Waals surface area (Å²) in [6.07, 6.45) is 5.61. The monoisotopic (exact) mass is 370 g/mol. The van der Waals surface area contributed by atoms with E-state index in [-0.39, 0.29) is 23.7 Å². The van der Waals surface area contributed by atoms with Crippen molar-refractivity contribution in [1.82, 2.24) is 10.6 Å². The third kappa shape index (κ3) is 3.89. The quantitative estimate of drug-likeness (QED) is 0.798. The molecule has 2 fully saturated rings. The Morgan fingerprint density at radius 3 is 2.58 bits per heavy atom. The second-order valence-corrected chi connectivity index (χ2v) is 7.88. The van der Waals surface area contributed by atoms with Gasteiger partial charge in [-0.05, 0) is 69.2 Å². The lowest BCUT2D eigenvalue weighted by molar-refractivity contribution is -0.134. The SMILES string of the molecule is CNC(C)CNC(=O)C1(Cc2ccc(Cl)cc2)CC2CCC1C2.Cl. The van der Waals surface area contributed by atoms with Crippen LogP contribution in [0.4, 0.5) is 0 Å². The first-order valence-corrected chi connectivity index (χ1v) is 9.11. The van der Waals surface area contributed by atoms with Gasteiger partial charge in [-0.3, -0.25) is 4.79 Å². The van der Waals surface area contributed by atoms with Crippen LogP contribution < -0.4 is 10.6 Å². The number of benzene rings is 1. The van der Waals surface area contributed by atoms with Crippen molar-refractivity contribution in [2.45, 2.75) is 45.1 Å². The Morgan fingerprint density at radius 2 is 2.04 bits per heavy atom. The van der Waals surface area contributed by atoms with Crippen LogP contribution in [0.25, 0.3) is 0 Å². The highest BCUT2D eigenvalue weighted by Gasteiger charge is 2.55. The van der Waals surface area contributed by atoms with Crippen LogP contribution in [0, 0.1) is 17.3 Å². The third-order valence-electron chi connectivity index (χ3n) is 5.92. The lowest BCUT2D eigenvalue weighted by Crippen LogP contribution is -2.49. The molecule has 2 aliphatic rings. The van der Waals surface area contributed by atoms with Crippen LogP contribution in [-0.2, 0) is 11.2 Å². The normalized spacial score (nSPS) is 29.1. The Kier molecular flexibility index (Phi) is 6.58. The van der Waals surface area contributed by atoms with Crippen LogP contribution in [-0.4, -0.2) is 25.5 Å². The molecule has 2 aliphatic carbocycles. The summed E-state index contributed by atoms with van der Waals surface area (Å²) in [5, 5.41) is 7.14. The number of hydrogen-bond acceptors (Lipinski definition) is 2. The van der Waals surface area contributed by atoms with Gasteiger partial charge >= 0.3 is 0 Å². The maximum absolute atomic E-state index is 13.1. The molecule has 1 aromatic carbocycles. The van der Waals surface area contributed by atoms with Crippen molar-refractivity contribution in [1.29, 1.82) is 0 Å². The zero-order valence-electron chi connectivity index (χ0n) is 14.5. The summed E-state index contributed by atoms with van der Waals surface area (Å²) >= 11 is 6.00. The Morgan fingerprint density at radius 1 is 1.33 bits per heavy atom. The summed E-state index contributed by atoms with van der Waals surface area (Å²) in [4.78, 5) is 13.1. The van der Waals surface area contributed by atoms with E-state index < -0.39 is 0 Å². The Labute approximate surface area is 156 Å². The summed E-state index contributed by atoms with van der Waals surface area (Å²) in [5.41, 5.74) is 1.00. The zero-order valence-corrected chi connectivity index (χ0v) is 16.1. The fourth-order valence-corrected chi connectivity index (χ4v) is 4.64. The lowest BCUT2D eigenvalue weighted by Gasteiger charge is -2.37. The minimum absolute atomic E-state index is 0. The second-order valence-electron chi connectivity index (χ2n) is 7.44. The van der Waals surface area contributed by atoms with Gasteiger partial charge in [0.25, 0.3) is 0 Å². The fourth-order valence-electron chi connectivity index (χ4n) is 4.51. The molecule has 2 bridgehead atoms. The van der Waals surface area contributed by atoms with Gasteiger partial charge in [0.2, 0.25) is 5.91 Å². The number of carbonyl (C=O) groups is 1. The lowest BCUT2D eigenvalue weighted by atomic mass is 9.68. The van der Waals surface area contributed by atoms with Crippen molar-refractivity contribution in [3.8, 4) is 0 Å². The molecule has 0 aromatic heterocycles. The molecule has 2 N–H and O–H groups in total. The molecular weight excluding hydrogens is 343 g/mol. The molecule has 1 amide bonds. The molecular formula is C19H28Cl2N2O. The largest absolute Gasteiger partial charge is 0.354 e. The van der Waals surface area contributed by atoms with E-state index in [1.807, 2.05) is 19.2 Å². The number of rotatable bonds is 6. The van der Waals surface area contributed by atoms with Crippen LogP contribution in [0.5, 0.6) is 0 Å². The van der Waals surface area contributed by atoms with Crippen LogP contribution in [0.2, 0.25) is 5.02 Å². The van der Waals surface area contributed by atoms with E-state index in [1.165, 1.54) is 24.8 Å². The van der Waals surface area contributed by atoms with E-state index in [9.17, 15) is 4.79 Å². The van der Waals surface area contributed by atoms with Crippen molar-refractivity contribution in [2.24, 2.45) is 17.3 Å². The number of carbonyl (C=O) groups excluding carboxylic acids is 1. The minimum Gasteiger partial charge on any atom is -0.354 e. The molecule has 0 aliphatic heterocycles. The summed E-state index contributed by atoms with van der Waals surface area (Å²) in [6, 6.07) is 8.29. The molecule has 3 nitrogen and oxygen atoms in total. The Bertz CT molecular complexity index is 563. The average molecular weight is 371 g/mol. The predicted octanol–water partition coefficient (Wildman–Crippen LogP) is 3.83. The van der Waals surface area contributed by atoms with Crippen LogP contribution >= 0.6 is 24.0 Å². The maximum Gasteiger partial charge on any atom is 0.226 e. The molecule has 4 unspecified atom stereocenters. The number of amides is 1. The number of hydrogen-bond donors (Lipinski definition) is 2. The van der Waals surface area contributed by atoms with Crippen molar-refractivity contribution >= 4 is 29.9 Å². The van der Waals surface area contributed by atoms with Crippen molar-refractivity contribution < 1.29 is 4.79 Å². The summed E-state index contributed by atoms with van der Waals surface area (Å²) in [5.74, 6) is 1.52. The molecule has 0 radical (unpaired) electrons. The standard InChI is InChI=1S/C19H27ClN2O.ClH/c1-13(21-2)12-22-18(23)19(11-15-3-6-16(19)9-15)10-14-4-7-17(20)8-5-14;/h4-5,7-8,13,15-16,21H,3,6,9-12H2,1-2H3,(H,22,23);1H. The highest BCUT2D eigenvalue weighted by molar-refractivity contribution is 6.30. The predicted molar refractivity (Wildman–Crippen MR) is 102 cm³/mol. The summed E-state index contributed by atoms with van der Waals surface area (Å²) in [6.45, 7) is 2.78. The van der Waals surface area contributed by atoms with Crippen LogP contribution in [0.15, 0.2) is 24.3 Å². The molecule has 24 heavy (non-hydrogen) atoms. The third-order valence-corrected chi connectivity index (χ3v) is 6.17. The van der Waals surface area contributed by atoms with Crippen LogP contribution in [0.3, 0.4) is 0 Å². The zero-order chi connectivity index (χ0) is 16.4. The average Bonchev–Trinajstić information content (AvgIpc) is 3.16. The number of nitrogens with one attached hydrogen (secondary N) is 2. The van der Waals surface area contributed by atoms with Gasteiger partial charge in [-0.25, -0.2) is 0 Å². The molecule has 0 heterocycles. The van der Waals surface area contributed by atoms with Crippen LogP contribution in [0.1, 0.15) is 38.2 Å². The Balaban J connectivity index is 0.00000208. The van der Waals surface area contributed by atoms with Gasteiger partial charge in [-0.2, -0.15) is 0 Å². The van der Waals surface area contributed by atoms with E-state index >= 15 is 0 Å². The highest BCUT2D eigenvalue weighted by Crippen LogP contribution is 2.57. The second kappa shape index (κ2) is 8.07. The number of fused-ring (bicyclic) bond motifs is 2. The van der Waals surface area contributed by atoms with Gasteiger partial charge < -0.3 is 10.6 Å². The molecule has 1 aromatic rings. The van der Waals surface area contributed by atoms with E-state index in [1.54, 1.807) is 0 Å². The Hall–Kier alpha value is -0.770. The number of halogens is 2. The van der Waals surface area contributed by atoms with Gasteiger partial charge in [-0.15, -0.1) is 12.4 Å². The van der Waals surface area contributed by atoms with E-state index in [4.69, 9.17) is 11.6 Å². The fraction of sp³-hybridized carbons (Fsp3) is 0.632. The first-order valence-electron chi connectivity index (χ1n) is 8.73. The molecule has 4 atom stereocenters. The first kappa shape index (κ1) is 19.6. The summed E-state index contributed by atoms with van der Waals surface area (Å²) < 4.78 is 0. The van der Waals surface area contributed by atoms with Crippen molar-refractivity contribution in [2.75, 3.05) is 13.6 Å². The molecule has 0 saturated heterocycles. The molecule has 134 valence electrons. The van der Waals surface area contributed by atoms with Gasteiger partial charge in [0.15, 0.2) is 0 Å². The number of likely N-dealkylation sites (N-methyl/N-ethyl adjacent to an activating group) is 1. The highest BCUT2D eigenvalue weighted by atomic mass is 35.5. The van der Waals surface area contributed by atoms with Gasteiger partial charge in [0, 0.05) is 17.6 Å². The first-order chi connectivity index (χ1) is 11.0. The molecule has 0 spiro atoms. The minimum atomic E-state index is -0.218. The summed E-state index contributed by atoms with van der Waals surface area (Å²) in [7, 11) is 1.93. The molecule has 5 heteroatoms.